The maximum absolute atomic E-state index is 12.9. The lowest BCUT2D eigenvalue weighted by Gasteiger charge is -2.35. The minimum atomic E-state index is -3.11. The third kappa shape index (κ3) is 2.62. The summed E-state index contributed by atoms with van der Waals surface area (Å²) in [6.45, 7) is 0.161. The molecule has 7 heteroatoms. The Morgan fingerprint density at radius 1 is 1.21 bits per heavy atom. The molecule has 0 bridgehead atoms. The van der Waals surface area contributed by atoms with E-state index in [2.05, 4.69) is 4.98 Å². The summed E-state index contributed by atoms with van der Waals surface area (Å²) >= 11 is 0. The average molecular weight is 346 g/mol. The summed E-state index contributed by atoms with van der Waals surface area (Å²) in [6, 6.07) is 6.74. The average Bonchev–Trinajstić information content (AvgIpc) is 3.39. The van der Waals surface area contributed by atoms with E-state index in [9.17, 15) is 18.0 Å². The van der Waals surface area contributed by atoms with E-state index >= 15 is 0 Å². The molecule has 1 aliphatic carbocycles. The molecular weight excluding hydrogens is 328 g/mol. The molecule has 2 fully saturated rings. The van der Waals surface area contributed by atoms with Crippen molar-refractivity contribution in [3.05, 3.63) is 46.2 Å². The van der Waals surface area contributed by atoms with Gasteiger partial charge in [-0.1, -0.05) is 12.1 Å². The van der Waals surface area contributed by atoms with E-state index in [1.165, 1.54) is 6.20 Å². The van der Waals surface area contributed by atoms with Crippen LogP contribution in [0.15, 0.2) is 35.3 Å². The molecular formula is C17H18N2O4S. The number of nitrogens with zero attached hydrogens (tertiary/aromatic N) is 1. The monoisotopic (exact) mass is 346 g/mol. The van der Waals surface area contributed by atoms with E-state index in [1.54, 1.807) is 23.1 Å². The van der Waals surface area contributed by atoms with Crippen molar-refractivity contribution < 1.29 is 13.2 Å². The Labute approximate surface area is 139 Å². The first-order valence-electron chi connectivity index (χ1n) is 8.08. The van der Waals surface area contributed by atoms with Gasteiger partial charge in [0, 0.05) is 29.7 Å². The smallest absolute Gasteiger partial charge is 0.259 e. The van der Waals surface area contributed by atoms with Gasteiger partial charge in [-0.25, -0.2) is 8.42 Å². The molecule has 126 valence electrons. The quantitative estimate of drug-likeness (QED) is 0.884. The van der Waals surface area contributed by atoms with Crippen LogP contribution in [0.2, 0.25) is 0 Å². The minimum absolute atomic E-state index is 0.00882. The maximum Gasteiger partial charge on any atom is 0.259 e. The molecule has 1 aromatic heterocycles. The molecule has 24 heavy (non-hydrogen) atoms. The second kappa shape index (κ2) is 5.44. The molecule has 1 aliphatic heterocycles. The molecule has 0 unspecified atom stereocenters. The molecule has 1 saturated carbocycles. The van der Waals surface area contributed by atoms with Gasteiger partial charge in [0.25, 0.3) is 5.91 Å². The van der Waals surface area contributed by atoms with Crippen molar-refractivity contribution in [1.82, 2.24) is 9.88 Å². The highest BCUT2D eigenvalue weighted by Crippen LogP contribution is 2.37. The Morgan fingerprint density at radius 2 is 1.96 bits per heavy atom. The third-order valence-electron chi connectivity index (χ3n) is 4.91. The molecule has 1 atom stereocenters. The van der Waals surface area contributed by atoms with Crippen LogP contribution in [0, 0.1) is 5.92 Å². The summed E-state index contributed by atoms with van der Waals surface area (Å²) in [4.78, 5) is 30.2. The SMILES string of the molecule is O=C(c1c[nH]c2ccccc2c1=O)N1CCS(=O)(=O)C[C@H]1C1CC1. The molecule has 1 N–H and O–H groups in total. The molecule has 2 heterocycles. The standard InChI is InChI=1S/C17H18N2O4S/c20-16-12-3-1-2-4-14(12)18-9-13(16)17(21)19-7-8-24(22,23)10-15(19)11-5-6-11/h1-4,9,11,15H,5-8,10H2,(H,18,20)/t15-/m0/s1. The van der Waals surface area contributed by atoms with Crippen LogP contribution in [-0.2, 0) is 9.84 Å². The van der Waals surface area contributed by atoms with Crippen LogP contribution in [0.1, 0.15) is 23.2 Å². The Hall–Kier alpha value is -2.15. The predicted octanol–water partition coefficient (Wildman–Crippen LogP) is 1.18. The van der Waals surface area contributed by atoms with Gasteiger partial charge in [-0.3, -0.25) is 9.59 Å². The zero-order valence-corrected chi connectivity index (χ0v) is 13.9. The van der Waals surface area contributed by atoms with Gasteiger partial charge < -0.3 is 9.88 Å². The number of aromatic nitrogens is 1. The summed E-state index contributed by atoms with van der Waals surface area (Å²) in [7, 11) is -3.11. The van der Waals surface area contributed by atoms with Crippen molar-refractivity contribution >= 4 is 26.6 Å². The number of carbonyl (C=O) groups excluding carboxylic acids is 1. The van der Waals surface area contributed by atoms with E-state index in [1.807, 2.05) is 6.07 Å². The van der Waals surface area contributed by atoms with Gasteiger partial charge in [-0.15, -0.1) is 0 Å². The molecule has 2 aromatic rings. The number of sulfone groups is 1. The summed E-state index contributed by atoms with van der Waals surface area (Å²) in [5, 5.41) is 0.468. The van der Waals surface area contributed by atoms with E-state index < -0.39 is 9.84 Å². The lowest BCUT2D eigenvalue weighted by atomic mass is 10.1. The molecule has 1 amide bonds. The number of H-pyrrole nitrogens is 1. The molecule has 2 aliphatic rings. The first-order valence-corrected chi connectivity index (χ1v) is 9.90. The van der Waals surface area contributed by atoms with Crippen molar-refractivity contribution in [1.29, 1.82) is 0 Å². The Morgan fingerprint density at radius 3 is 2.71 bits per heavy atom. The summed E-state index contributed by atoms with van der Waals surface area (Å²) in [6.07, 6.45) is 3.33. The normalized spacial score (nSPS) is 23.3. The Balaban J connectivity index is 1.73. The summed E-state index contributed by atoms with van der Waals surface area (Å²) < 4.78 is 23.9. The van der Waals surface area contributed by atoms with Crippen molar-refractivity contribution in [2.45, 2.75) is 18.9 Å². The number of carbonyl (C=O) groups is 1. The number of nitrogens with one attached hydrogen (secondary N) is 1. The van der Waals surface area contributed by atoms with Gasteiger partial charge in [-0.05, 0) is 30.9 Å². The molecule has 4 rings (SSSR count). The fourth-order valence-corrected chi connectivity index (χ4v) is 5.06. The summed E-state index contributed by atoms with van der Waals surface area (Å²) in [5.74, 6) is -0.153. The largest absolute Gasteiger partial charge is 0.360 e. The first-order chi connectivity index (χ1) is 11.5. The molecule has 6 nitrogen and oxygen atoms in total. The van der Waals surface area contributed by atoms with Gasteiger partial charge in [0.2, 0.25) is 5.43 Å². The van der Waals surface area contributed by atoms with Crippen LogP contribution in [0.3, 0.4) is 0 Å². The Bertz CT molecular complexity index is 975. The van der Waals surface area contributed by atoms with E-state index in [0.717, 1.165) is 12.8 Å². The number of benzene rings is 1. The van der Waals surface area contributed by atoms with Crippen molar-refractivity contribution in [3.8, 4) is 0 Å². The van der Waals surface area contributed by atoms with Crippen molar-refractivity contribution in [2.24, 2.45) is 5.92 Å². The predicted molar refractivity (Wildman–Crippen MR) is 90.8 cm³/mol. The number of para-hydroxylation sites is 1. The van der Waals surface area contributed by atoms with Gasteiger partial charge in [-0.2, -0.15) is 0 Å². The van der Waals surface area contributed by atoms with Gasteiger partial charge in [0.15, 0.2) is 9.84 Å². The summed E-state index contributed by atoms with van der Waals surface area (Å²) in [5.41, 5.74) is 0.454. The maximum atomic E-state index is 12.9. The second-order valence-corrected chi connectivity index (χ2v) is 8.82. The highest BCUT2D eigenvalue weighted by atomic mass is 32.2. The van der Waals surface area contributed by atoms with Crippen LogP contribution in [0.5, 0.6) is 0 Å². The fourth-order valence-electron chi connectivity index (χ4n) is 3.44. The lowest BCUT2D eigenvalue weighted by molar-refractivity contribution is 0.0677. The van der Waals surface area contributed by atoms with Crippen LogP contribution in [0.4, 0.5) is 0 Å². The zero-order valence-electron chi connectivity index (χ0n) is 13.1. The molecule has 1 aromatic carbocycles. The van der Waals surface area contributed by atoms with Crippen LogP contribution in [0.25, 0.3) is 10.9 Å². The molecule has 0 radical (unpaired) electrons. The number of pyridine rings is 1. The van der Waals surface area contributed by atoms with Crippen LogP contribution >= 0.6 is 0 Å². The number of aromatic amines is 1. The number of hydrogen-bond donors (Lipinski definition) is 1. The third-order valence-corrected chi connectivity index (χ3v) is 6.57. The number of fused-ring (bicyclic) bond motifs is 1. The first kappa shape index (κ1) is 15.4. The number of rotatable bonds is 2. The van der Waals surface area contributed by atoms with Gasteiger partial charge in [0.05, 0.1) is 11.5 Å². The van der Waals surface area contributed by atoms with Crippen molar-refractivity contribution in [3.63, 3.8) is 0 Å². The number of amides is 1. The van der Waals surface area contributed by atoms with Crippen LogP contribution < -0.4 is 5.43 Å². The molecule has 1 saturated heterocycles. The fraction of sp³-hybridized carbons (Fsp3) is 0.412. The zero-order chi connectivity index (χ0) is 16.9. The topological polar surface area (TPSA) is 87.3 Å². The lowest BCUT2D eigenvalue weighted by Crippen LogP contribution is -2.53. The van der Waals surface area contributed by atoms with Crippen molar-refractivity contribution in [2.75, 3.05) is 18.1 Å². The van der Waals surface area contributed by atoms with E-state index in [0.29, 0.717) is 10.9 Å². The molecule has 0 spiro atoms. The van der Waals surface area contributed by atoms with E-state index in [-0.39, 0.29) is 46.9 Å². The highest BCUT2D eigenvalue weighted by Gasteiger charge is 2.43. The Kier molecular flexibility index (Phi) is 3.49. The minimum Gasteiger partial charge on any atom is -0.360 e. The second-order valence-electron chi connectivity index (χ2n) is 6.59. The van der Waals surface area contributed by atoms with E-state index in [4.69, 9.17) is 0 Å². The number of hydrogen-bond acceptors (Lipinski definition) is 4. The highest BCUT2D eigenvalue weighted by molar-refractivity contribution is 7.91. The van der Waals surface area contributed by atoms with Crippen LogP contribution in [-0.4, -0.2) is 48.3 Å². The van der Waals surface area contributed by atoms with Gasteiger partial charge >= 0.3 is 0 Å². The van der Waals surface area contributed by atoms with Gasteiger partial charge in [0.1, 0.15) is 5.56 Å².